The molecule has 1 aromatic rings. The second kappa shape index (κ2) is 2.63. The summed E-state index contributed by atoms with van der Waals surface area (Å²) in [6.07, 6.45) is 3.24. The van der Waals surface area contributed by atoms with Crippen LogP contribution in [-0.4, -0.2) is 5.97 Å². The zero-order valence-corrected chi connectivity index (χ0v) is 6.67. The van der Waals surface area contributed by atoms with Crippen LogP contribution in [0.2, 0.25) is 0 Å². The van der Waals surface area contributed by atoms with Crippen LogP contribution in [0, 0.1) is 0 Å². The van der Waals surface area contributed by atoms with E-state index in [-0.39, 0.29) is 0 Å². The minimum Gasteiger partial charge on any atom is -0.545 e. The largest absolute Gasteiger partial charge is 0.545 e. The smallest absolute Gasteiger partial charge is 0.0715 e. The number of carbonyl (C=O) groups is 1. The average molecular weight is 161 g/mol. The van der Waals surface area contributed by atoms with E-state index >= 15 is 0 Å². The second-order valence-electron chi connectivity index (χ2n) is 3.12. The highest BCUT2D eigenvalue weighted by atomic mass is 16.4. The van der Waals surface area contributed by atoms with Crippen molar-refractivity contribution in [1.29, 1.82) is 0 Å². The normalized spacial score (nSPS) is 14.3. The van der Waals surface area contributed by atoms with Gasteiger partial charge in [0.25, 0.3) is 0 Å². The molecule has 0 spiro atoms. The third kappa shape index (κ3) is 1.09. The topological polar surface area (TPSA) is 40.1 Å². The van der Waals surface area contributed by atoms with Crippen molar-refractivity contribution in [2.24, 2.45) is 0 Å². The third-order valence-corrected chi connectivity index (χ3v) is 2.33. The lowest BCUT2D eigenvalue weighted by Crippen LogP contribution is -2.22. The molecule has 0 fully saturated rings. The lowest BCUT2D eigenvalue weighted by atomic mass is 10.1. The Morgan fingerprint density at radius 2 is 2.00 bits per heavy atom. The highest BCUT2D eigenvalue weighted by molar-refractivity contribution is 5.86. The molecule has 2 rings (SSSR count). The fourth-order valence-electron chi connectivity index (χ4n) is 1.70. The number of carboxylic acids is 1. The SMILES string of the molecule is O=C([O-])c1ccc2c(c1)CCC2. The first kappa shape index (κ1) is 7.35. The van der Waals surface area contributed by atoms with Gasteiger partial charge in [0.15, 0.2) is 0 Å². The fourth-order valence-corrected chi connectivity index (χ4v) is 1.70. The molecule has 1 aliphatic carbocycles. The van der Waals surface area contributed by atoms with Crippen molar-refractivity contribution in [3.8, 4) is 0 Å². The van der Waals surface area contributed by atoms with Gasteiger partial charge in [0, 0.05) is 0 Å². The molecule has 62 valence electrons. The molecule has 12 heavy (non-hydrogen) atoms. The average Bonchev–Trinajstić information content (AvgIpc) is 2.49. The Hall–Kier alpha value is -1.31. The first-order valence-electron chi connectivity index (χ1n) is 4.10. The summed E-state index contributed by atoms with van der Waals surface area (Å²) in [5, 5.41) is 10.5. The lowest BCUT2D eigenvalue weighted by molar-refractivity contribution is -0.255. The van der Waals surface area contributed by atoms with E-state index in [1.807, 2.05) is 6.07 Å². The molecular formula is C10H9O2-. The minimum absolute atomic E-state index is 0.302. The van der Waals surface area contributed by atoms with Crippen LogP contribution in [0.5, 0.6) is 0 Å². The summed E-state index contributed by atoms with van der Waals surface area (Å²) in [6.45, 7) is 0. The molecule has 0 saturated heterocycles. The predicted molar refractivity (Wildman–Crippen MR) is 42.8 cm³/mol. The van der Waals surface area contributed by atoms with Crippen LogP contribution in [0.15, 0.2) is 18.2 Å². The lowest BCUT2D eigenvalue weighted by Gasteiger charge is -2.04. The number of aryl methyl sites for hydroxylation is 2. The molecule has 1 aromatic carbocycles. The first-order chi connectivity index (χ1) is 5.77. The number of fused-ring (bicyclic) bond motifs is 1. The Labute approximate surface area is 70.8 Å². The van der Waals surface area contributed by atoms with Gasteiger partial charge in [-0.15, -0.1) is 0 Å². The van der Waals surface area contributed by atoms with Gasteiger partial charge in [-0.1, -0.05) is 12.1 Å². The molecule has 0 saturated carbocycles. The zero-order chi connectivity index (χ0) is 8.55. The van der Waals surface area contributed by atoms with Crippen LogP contribution in [0.1, 0.15) is 27.9 Å². The Balaban J connectivity index is 2.45. The van der Waals surface area contributed by atoms with E-state index in [0.717, 1.165) is 19.3 Å². The summed E-state index contributed by atoms with van der Waals surface area (Å²) in [6, 6.07) is 5.25. The summed E-state index contributed by atoms with van der Waals surface area (Å²) in [4.78, 5) is 10.5. The summed E-state index contributed by atoms with van der Waals surface area (Å²) < 4.78 is 0. The molecule has 1 aliphatic rings. The number of hydrogen-bond donors (Lipinski definition) is 0. The minimum atomic E-state index is -1.08. The maximum Gasteiger partial charge on any atom is 0.0715 e. The molecule has 0 unspecified atom stereocenters. The Bertz CT molecular complexity index is 329. The molecular weight excluding hydrogens is 152 g/mol. The van der Waals surface area contributed by atoms with Gasteiger partial charge in [0.05, 0.1) is 5.97 Å². The molecule has 0 atom stereocenters. The summed E-state index contributed by atoms with van der Waals surface area (Å²) in [5.74, 6) is -1.08. The van der Waals surface area contributed by atoms with Crippen molar-refractivity contribution >= 4 is 5.97 Å². The van der Waals surface area contributed by atoms with E-state index in [2.05, 4.69) is 0 Å². The molecule has 2 heteroatoms. The van der Waals surface area contributed by atoms with E-state index in [1.165, 1.54) is 11.1 Å². The van der Waals surface area contributed by atoms with E-state index in [1.54, 1.807) is 12.1 Å². The van der Waals surface area contributed by atoms with Gasteiger partial charge < -0.3 is 9.90 Å². The molecule has 0 N–H and O–H groups in total. The van der Waals surface area contributed by atoms with Crippen molar-refractivity contribution in [3.05, 3.63) is 34.9 Å². The predicted octanol–water partition coefficient (Wildman–Crippen LogP) is 0.539. The van der Waals surface area contributed by atoms with Crippen molar-refractivity contribution in [1.82, 2.24) is 0 Å². The van der Waals surface area contributed by atoms with Gasteiger partial charge in [-0.25, -0.2) is 0 Å². The van der Waals surface area contributed by atoms with Crippen molar-refractivity contribution in [2.45, 2.75) is 19.3 Å². The van der Waals surface area contributed by atoms with Gasteiger partial charge in [-0.05, 0) is 42.0 Å². The van der Waals surface area contributed by atoms with Crippen LogP contribution in [0.3, 0.4) is 0 Å². The highest BCUT2D eigenvalue weighted by Gasteiger charge is 2.10. The highest BCUT2D eigenvalue weighted by Crippen LogP contribution is 2.22. The van der Waals surface area contributed by atoms with E-state index < -0.39 is 5.97 Å². The van der Waals surface area contributed by atoms with Crippen molar-refractivity contribution < 1.29 is 9.90 Å². The quantitative estimate of drug-likeness (QED) is 0.603. The molecule has 0 aromatic heterocycles. The van der Waals surface area contributed by atoms with Crippen molar-refractivity contribution in [2.75, 3.05) is 0 Å². The molecule has 0 bridgehead atoms. The van der Waals surface area contributed by atoms with Crippen LogP contribution in [0.4, 0.5) is 0 Å². The maximum absolute atomic E-state index is 10.5. The summed E-state index contributed by atoms with van der Waals surface area (Å²) in [7, 11) is 0. The Morgan fingerprint density at radius 3 is 2.75 bits per heavy atom. The molecule has 0 aliphatic heterocycles. The molecule has 0 radical (unpaired) electrons. The van der Waals surface area contributed by atoms with Gasteiger partial charge in [-0.3, -0.25) is 0 Å². The number of rotatable bonds is 1. The monoisotopic (exact) mass is 161 g/mol. The van der Waals surface area contributed by atoms with Crippen LogP contribution >= 0.6 is 0 Å². The Kier molecular flexibility index (Phi) is 1.61. The second-order valence-corrected chi connectivity index (χ2v) is 3.12. The van der Waals surface area contributed by atoms with E-state index in [0.29, 0.717) is 5.56 Å². The first-order valence-corrected chi connectivity index (χ1v) is 4.10. The van der Waals surface area contributed by atoms with Crippen LogP contribution in [-0.2, 0) is 12.8 Å². The molecule has 0 heterocycles. The number of carbonyl (C=O) groups excluding carboxylic acids is 1. The third-order valence-electron chi connectivity index (χ3n) is 2.33. The van der Waals surface area contributed by atoms with Crippen LogP contribution < -0.4 is 5.11 Å². The number of hydrogen-bond acceptors (Lipinski definition) is 2. The summed E-state index contributed by atoms with van der Waals surface area (Å²) >= 11 is 0. The van der Waals surface area contributed by atoms with E-state index in [9.17, 15) is 9.90 Å². The molecule has 0 amide bonds. The van der Waals surface area contributed by atoms with Gasteiger partial charge >= 0.3 is 0 Å². The van der Waals surface area contributed by atoms with Crippen LogP contribution in [0.25, 0.3) is 0 Å². The molecule has 2 nitrogen and oxygen atoms in total. The van der Waals surface area contributed by atoms with Gasteiger partial charge in [0.1, 0.15) is 0 Å². The Morgan fingerprint density at radius 1 is 1.25 bits per heavy atom. The number of aromatic carboxylic acids is 1. The zero-order valence-electron chi connectivity index (χ0n) is 6.67. The van der Waals surface area contributed by atoms with Crippen molar-refractivity contribution in [3.63, 3.8) is 0 Å². The fraction of sp³-hybridized carbons (Fsp3) is 0.300. The van der Waals surface area contributed by atoms with Gasteiger partial charge in [-0.2, -0.15) is 0 Å². The number of carboxylic acid groups (broad SMARTS) is 1. The summed E-state index contributed by atoms with van der Waals surface area (Å²) in [5.41, 5.74) is 2.77. The van der Waals surface area contributed by atoms with E-state index in [4.69, 9.17) is 0 Å². The number of benzene rings is 1. The maximum atomic E-state index is 10.5. The standard InChI is InChI=1S/C10H10O2/c11-10(12)9-5-4-7-2-1-3-8(7)6-9/h4-6H,1-3H2,(H,11,12)/p-1. The van der Waals surface area contributed by atoms with Gasteiger partial charge in [0.2, 0.25) is 0 Å².